The molecule has 1 aliphatic heterocycles. The lowest BCUT2D eigenvalue weighted by Gasteiger charge is -2.45. The number of aromatic nitrogens is 1. The first-order valence-corrected chi connectivity index (χ1v) is 12.9. The van der Waals surface area contributed by atoms with Crippen LogP contribution in [-0.4, -0.2) is 53.7 Å². The normalized spacial score (nSPS) is 26.0. The van der Waals surface area contributed by atoms with Crippen LogP contribution < -0.4 is 5.32 Å². The monoisotopic (exact) mass is 485 g/mol. The van der Waals surface area contributed by atoms with Gasteiger partial charge in [0, 0.05) is 34.4 Å². The Hall–Kier alpha value is -1.91. The van der Waals surface area contributed by atoms with Gasteiger partial charge in [0.2, 0.25) is 0 Å². The SMILES string of the molecule is C#CCNC(=O)[C@H]1CN(C2CCC(c3nc(C)c(C)s3)CC2)[C@@H](Cc2ccc(Cl)cc2)CO1. The van der Waals surface area contributed by atoms with Gasteiger partial charge in [0.05, 0.1) is 23.9 Å². The second-order valence-corrected chi connectivity index (χ2v) is 10.8. The van der Waals surface area contributed by atoms with Gasteiger partial charge in [-0.1, -0.05) is 29.7 Å². The molecule has 0 radical (unpaired) electrons. The number of hydrogen-bond acceptors (Lipinski definition) is 5. The highest BCUT2D eigenvalue weighted by Crippen LogP contribution is 2.38. The van der Waals surface area contributed by atoms with Crippen molar-refractivity contribution in [3.63, 3.8) is 0 Å². The standard InChI is InChI=1S/C26H32ClN3O2S/c1-4-13-28-25(31)24-15-30(23(16-32-24)14-19-5-9-21(27)10-6-19)22-11-7-20(8-12-22)26-29-17(2)18(3)33-26/h1,5-6,9-10,20,22-24H,7-8,11-16H2,2-3H3,(H,28,31)/t20?,22?,23-,24+/m0/s1. The molecule has 2 atom stereocenters. The molecule has 176 valence electrons. The molecule has 33 heavy (non-hydrogen) atoms. The fraction of sp³-hybridized carbons (Fsp3) is 0.538. The summed E-state index contributed by atoms with van der Waals surface area (Å²) in [4.78, 5) is 21.2. The van der Waals surface area contributed by atoms with Gasteiger partial charge in [0.1, 0.15) is 6.10 Å². The lowest BCUT2D eigenvalue weighted by Crippen LogP contribution is -2.58. The van der Waals surface area contributed by atoms with E-state index in [4.69, 9.17) is 27.7 Å². The van der Waals surface area contributed by atoms with Crippen LogP contribution in [0.1, 0.15) is 52.7 Å². The molecule has 1 aromatic carbocycles. The van der Waals surface area contributed by atoms with Gasteiger partial charge in [-0.15, -0.1) is 17.8 Å². The largest absolute Gasteiger partial charge is 0.365 e. The summed E-state index contributed by atoms with van der Waals surface area (Å²) in [6.07, 6.45) is 10.2. The summed E-state index contributed by atoms with van der Waals surface area (Å²) < 4.78 is 6.02. The molecule has 0 bridgehead atoms. The van der Waals surface area contributed by atoms with Crippen molar-refractivity contribution in [2.45, 2.75) is 70.1 Å². The summed E-state index contributed by atoms with van der Waals surface area (Å²) in [5.41, 5.74) is 2.39. The lowest BCUT2D eigenvalue weighted by atomic mass is 9.84. The van der Waals surface area contributed by atoms with E-state index in [1.807, 2.05) is 23.5 Å². The second kappa shape index (κ2) is 11.0. The minimum absolute atomic E-state index is 0.120. The predicted molar refractivity (Wildman–Crippen MR) is 134 cm³/mol. The zero-order chi connectivity index (χ0) is 23.4. The molecule has 1 amide bonds. The highest BCUT2D eigenvalue weighted by atomic mass is 35.5. The van der Waals surface area contributed by atoms with Gasteiger partial charge >= 0.3 is 0 Å². The number of hydrogen-bond donors (Lipinski definition) is 1. The topological polar surface area (TPSA) is 54.5 Å². The third-order valence-electron chi connectivity index (χ3n) is 6.94. The Morgan fingerprint density at radius 1 is 1.27 bits per heavy atom. The average molecular weight is 486 g/mol. The van der Waals surface area contributed by atoms with Crippen molar-refractivity contribution in [2.75, 3.05) is 19.7 Å². The number of nitrogens with zero attached hydrogens (tertiary/aromatic N) is 2. The molecule has 2 fully saturated rings. The molecule has 1 N–H and O–H groups in total. The molecule has 1 aliphatic carbocycles. The van der Waals surface area contributed by atoms with Crippen LogP contribution in [0.15, 0.2) is 24.3 Å². The summed E-state index contributed by atoms with van der Waals surface area (Å²) in [6, 6.07) is 8.70. The van der Waals surface area contributed by atoms with Gasteiger partial charge < -0.3 is 10.1 Å². The Labute approximate surface area is 205 Å². The molecular weight excluding hydrogens is 454 g/mol. The number of nitrogens with one attached hydrogen (secondary N) is 1. The molecule has 5 nitrogen and oxygen atoms in total. The highest BCUT2D eigenvalue weighted by molar-refractivity contribution is 7.11. The number of carbonyl (C=O) groups excluding carboxylic acids is 1. The van der Waals surface area contributed by atoms with Gasteiger partial charge in [-0.2, -0.15) is 0 Å². The van der Waals surface area contributed by atoms with Crippen molar-refractivity contribution >= 4 is 28.8 Å². The molecule has 1 saturated carbocycles. The fourth-order valence-electron chi connectivity index (χ4n) is 4.97. The number of amides is 1. The first kappa shape index (κ1) is 24.2. The van der Waals surface area contributed by atoms with Crippen LogP contribution in [0.25, 0.3) is 0 Å². The lowest BCUT2D eigenvalue weighted by molar-refractivity contribution is -0.145. The van der Waals surface area contributed by atoms with E-state index < -0.39 is 6.10 Å². The number of ether oxygens (including phenoxy) is 1. The maximum absolute atomic E-state index is 12.6. The van der Waals surface area contributed by atoms with Crippen LogP contribution in [0.4, 0.5) is 0 Å². The van der Waals surface area contributed by atoms with Crippen molar-refractivity contribution in [2.24, 2.45) is 0 Å². The fourth-order valence-corrected chi connectivity index (χ4v) is 6.19. The molecule has 2 aliphatic rings. The molecule has 0 unspecified atom stereocenters. The third kappa shape index (κ3) is 5.96. The van der Waals surface area contributed by atoms with Crippen molar-refractivity contribution in [3.8, 4) is 12.3 Å². The summed E-state index contributed by atoms with van der Waals surface area (Å²) >= 11 is 7.93. The van der Waals surface area contributed by atoms with Crippen molar-refractivity contribution in [3.05, 3.63) is 50.4 Å². The van der Waals surface area contributed by atoms with Crippen molar-refractivity contribution in [1.29, 1.82) is 0 Å². The van der Waals surface area contributed by atoms with E-state index >= 15 is 0 Å². The number of thiazole rings is 1. The van der Waals surface area contributed by atoms with Gasteiger partial charge in [-0.25, -0.2) is 4.98 Å². The quantitative estimate of drug-likeness (QED) is 0.612. The Morgan fingerprint density at radius 2 is 2.00 bits per heavy atom. The Morgan fingerprint density at radius 3 is 2.64 bits per heavy atom. The van der Waals surface area contributed by atoms with Gasteiger partial charge in [0.25, 0.3) is 5.91 Å². The van der Waals surface area contributed by atoms with Gasteiger partial charge in [-0.05, 0) is 63.6 Å². The van der Waals surface area contributed by atoms with Crippen molar-refractivity contribution < 1.29 is 9.53 Å². The number of carbonyl (C=O) groups is 1. The van der Waals surface area contributed by atoms with Crippen LogP contribution in [0, 0.1) is 26.2 Å². The van der Waals surface area contributed by atoms with Crippen LogP contribution >= 0.6 is 22.9 Å². The number of morpholine rings is 1. The van der Waals surface area contributed by atoms with Crippen LogP contribution in [-0.2, 0) is 16.0 Å². The predicted octanol–water partition coefficient (Wildman–Crippen LogP) is 4.50. The zero-order valence-corrected chi connectivity index (χ0v) is 20.9. The minimum Gasteiger partial charge on any atom is -0.365 e. The van der Waals surface area contributed by atoms with Crippen LogP contribution in [0.5, 0.6) is 0 Å². The number of terminal acetylenes is 1. The van der Waals surface area contributed by atoms with Crippen molar-refractivity contribution in [1.82, 2.24) is 15.2 Å². The zero-order valence-electron chi connectivity index (χ0n) is 19.4. The van der Waals surface area contributed by atoms with E-state index in [1.165, 1.54) is 15.4 Å². The Bertz CT molecular complexity index is 972. The van der Waals surface area contributed by atoms with E-state index in [9.17, 15) is 4.79 Å². The molecule has 0 spiro atoms. The van der Waals surface area contributed by atoms with E-state index in [1.54, 1.807) is 0 Å². The molecule has 2 heterocycles. The average Bonchev–Trinajstić information content (AvgIpc) is 3.17. The highest BCUT2D eigenvalue weighted by Gasteiger charge is 2.38. The molecule has 1 saturated heterocycles. The summed E-state index contributed by atoms with van der Waals surface area (Å²) in [5.74, 6) is 2.89. The first-order valence-electron chi connectivity index (χ1n) is 11.7. The van der Waals surface area contributed by atoms with Gasteiger partial charge in [-0.3, -0.25) is 9.69 Å². The smallest absolute Gasteiger partial charge is 0.251 e. The molecule has 4 rings (SSSR count). The summed E-state index contributed by atoms with van der Waals surface area (Å²) in [5, 5.41) is 4.81. The van der Waals surface area contributed by atoms with E-state index in [-0.39, 0.29) is 18.5 Å². The number of aryl methyl sites for hydroxylation is 2. The van der Waals surface area contributed by atoms with E-state index in [2.05, 4.69) is 42.1 Å². The number of rotatable bonds is 6. The molecule has 2 aromatic rings. The molecular formula is C26H32ClN3O2S. The number of benzene rings is 1. The molecule has 7 heteroatoms. The van der Waals surface area contributed by atoms with Gasteiger partial charge in [0.15, 0.2) is 0 Å². The minimum atomic E-state index is -0.484. The summed E-state index contributed by atoms with van der Waals surface area (Å²) in [6.45, 7) is 5.61. The van der Waals surface area contributed by atoms with Crippen LogP contribution in [0.2, 0.25) is 5.02 Å². The second-order valence-electron chi connectivity index (χ2n) is 9.12. The maximum Gasteiger partial charge on any atom is 0.251 e. The Kier molecular flexibility index (Phi) is 8.08. The number of halogens is 1. The van der Waals surface area contributed by atoms with Crippen LogP contribution in [0.3, 0.4) is 0 Å². The third-order valence-corrected chi connectivity index (χ3v) is 8.42. The molecule has 1 aromatic heterocycles. The van der Waals surface area contributed by atoms with E-state index in [0.717, 1.165) is 42.8 Å². The van der Waals surface area contributed by atoms with E-state index in [0.29, 0.717) is 25.1 Å². The Balaban J connectivity index is 1.45. The summed E-state index contributed by atoms with van der Waals surface area (Å²) in [7, 11) is 0. The maximum atomic E-state index is 12.6. The first-order chi connectivity index (χ1) is 15.9.